The van der Waals surface area contributed by atoms with E-state index in [1.165, 1.54) is 0 Å². The van der Waals surface area contributed by atoms with E-state index in [9.17, 15) is 15.0 Å². The van der Waals surface area contributed by atoms with Gasteiger partial charge in [0.15, 0.2) is 0 Å². The molecule has 0 saturated carbocycles. The summed E-state index contributed by atoms with van der Waals surface area (Å²) in [5.41, 5.74) is 4.02. The first-order chi connectivity index (χ1) is 14.6. The molecule has 0 aromatic heterocycles. The number of rotatable bonds is 12. The van der Waals surface area contributed by atoms with E-state index in [0.717, 1.165) is 43.7 Å². The number of amides is 1. The minimum Gasteiger partial charge on any atom is -0.497 e. The summed E-state index contributed by atoms with van der Waals surface area (Å²) in [6.45, 7) is 1.81. The predicted octanol–water partition coefficient (Wildman–Crippen LogP) is 2.93. The quantitative estimate of drug-likeness (QED) is 0.458. The highest BCUT2D eigenvalue weighted by molar-refractivity contribution is 5.75. The van der Waals surface area contributed by atoms with Crippen LogP contribution in [0.3, 0.4) is 0 Å². The Morgan fingerprint density at radius 1 is 1.03 bits per heavy atom. The summed E-state index contributed by atoms with van der Waals surface area (Å²) in [6.07, 6.45) is 13.7. The normalized spacial score (nSPS) is 17.2. The first-order valence-electron chi connectivity index (χ1n) is 10.6. The van der Waals surface area contributed by atoms with Crippen LogP contribution in [0.5, 0.6) is 5.75 Å². The summed E-state index contributed by atoms with van der Waals surface area (Å²) in [6, 6.07) is 7.84. The molecule has 0 aliphatic carbocycles. The number of aliphatic hydroxyl groups excluding tert-OH is 2. The van der Waals surface area contributed by atoms with E-state index in [2.05, 4.69) is 5.43 Å². The molecule has 1 heterocycles. The Bertz CT molecular complexity index is 706. The number of hydrazine groups is 1. The zero-order chi connectivity index (χ0) is 21.6. The number of benzene rings is 1. The number of aliphatic hydroxyl groups is 2. The minimum atomic E-state index is -0.655. The average Bonchev–Trinajstić information content (AvgIpc) is 3.26. The third-order valence-electron chi connectivity index (χ3n) is 4.94. The highest BCUT2D eigenvalue weighted by atomic mass is 16.5. The fourth-order valence-corrected chi connectivity index (χ4v) is 3.15. The first-order valence-corrected chi connectivity index (χ1v) is 10.6. The van der Waals surface area contributed by atoms with Gasteiger partial charge in [0.1, 0.15) is 5.75 Å². The van der Waals surface area contributed by atoms with Gasteiger partial charge >= 0.3 is 0 Å². The molecule has 6 nitrogen and oxygen atoms in total. The maximum atomic E-state index is 11.8. The van der Waals surface area contributed by atoms with Gasteiger partial charge in [-0.05, 0) is 49.8 Å². The van der Waals surface area contributed by atoms with Gasteiger partial charge in [0.25, 0.3) is 0 Å². The van der Waals surface area contributed by atoms with E-state index < -0.39 is 12.2 Å². The Morgan fingerprint density at radius 3 is 2.23 bits per heavy atom. The monoisotopic (exact) mass is 414 g/mol. The smallest absolute Gasteiger partial charge is 0.234 e. The van der Waals surface area contributed by atoms with Crippen molar-refractivity contribution in [2.24, 2.45) is 0 Å². The molecule has 6 heteroatoms. The van der Waals surface area contributed by atoms with Gasteiger partial charge in [-0.1, -0.05) is 48.6 Å². The number of nitrogens with one attached hydrogen (secondary N) is 1. The molecule has 1 aliphatic rings. The van der Waals surface area contributed by atoms with Crippen molar-refractivity contribution in [2.45, 2.75) is 50.7 Å². The van der Waals surface area contributed by atoms with Crippen molar-refractivity contribution in [2.75, 3.05) is 20.2 Å². The van der Waals surface area contributed by atoms with Crippen LogP contribution in [-0.4, -0.2) is 53.5 Å². The third-order valence-corrected chi connectivity index (χ3v) is 4.94. The van der Waals surface area contributed by atoms with E-state index in [4.69, 9.17) is 4.74 Å². The summed E-state index contributed by atoms with van der Waals surface area (Å²) in [4.78, 5) is 11.8. The molecule has 1 aromatic rings. The fraction of sp³-hybridized carbons (Fsp3) is 0.458. The number of nitrogens with zero attached hydrogens (tertiary/aromatic N) is 1. The number of hydrogen-bond acceptors (Lipinski definition) is 5. The van der Waals surface area contributed by atoms with Gasteiger partial charge in [-0.15, -0.1) is 0 Å². The predicted molar refractivity (Wildman–Crippen MR) is 119 cm³/mol. The second-order valence-corrected chi connectivity index (χ2v) is 7.44. The van der Waals surface area contributed by atoms with E-state index in [1.54, 1.807) is 43.6 Å². The first kappa shape index (κ1) is 23.9. The summed E-state index contributed by atoms with van der Waals surface area (Å²) < 4.78 is 5.13. The number of methoxy groups -OCH3 is 1. The van der Waals surface area contributed by atoms with Gasteiger partial charge in [-0.25, -0.2) is 5.01 Å². The van der Waals surface area contributed by atoms with Crippen LogP contribution in [0.1, 0.15) is 37.7 Å². The Kier molecular flexibility index (Phi) is 10.9. The van der Waals surface area contributed by atoms with Crippen molar-refractivity contribution in [3.05, 3.63) is 66.3 Å². The molecule has 2 unspecified atom stereocenters. The molecule has 30 heavy (non-hydrogen) atoms. The van der Waals surface area contributed by atoms with E-state index in [-0.39, 0.29) is 5.91 Å². The fourth-order valence-electron chi connectivity index (χ4n) is 3.15. The van der Waals surface area contributed by atoms with Crippen LogP contribution < -0.4 is 10.2 Å². The van der Waals surface area contributed by atoms with Crippen molar-refractivity contribution in [3.63, 3.8) is 0 Å². The van der Waals surface area contributed by atoms with Gasteiger partial charge in [0.2, 0.25) is 5.91 Å². The SMILES string of the molecule is COc1ccc(CCC(O)/C=C/C=C\C=C\C(O)CCC(=O)NN2CCCC2)cc1. The Hall–Kier alpha value is -2.41. The van der Waals surface area contributed by atoms with Crippen LogP contribution in [0, 0.1) is 0 Å². The lowest BCUT2D eigenvalue weighted by Gasteiger charge is -2.16. The molecular formula is C24H34N2O4. The van der Waals surface area contributed by atoms with Crippen LogP contribution in [0.25, 0.3) is 0 Å². The number of allylic oxidation sites excluding steroid dienone is 4. The lowest BCUT2D eigenvalue weighted by molar-refractivity contribution is -0.125. The van der Waals surface area contributed by atoms with Crippen LogP contribution in [0.2, 0.25) is 0 Å². The summed E-state index contributed by atoms with van der Waals surface area (Å²) in [5, 5.41) is 21.9. The second kappa shape index (κ2) is 13.7. The van der Waals surface area contributed by atoms with Crippen LogP contribution in [-0.2, 0) is 11.2 Å². The molecule has 3 N–H and O–H groups in total. The van der Waals surface area contributed by atoms with Gasteiger partial charge in [-0.2, -0.15) is 0 Å². The molecule has 1 amide bonds. The number of carbonyl (C=O) groups excluding carboxylic acids is 1. The molecule has 0 bridgehead atoms. The third kappa shape index (κ3) is 9.87. The second-order valence-electron chi connectivity index (χ2n) is 7.44. The van der Waals surface area contributed by atoms with Crippen LogP contribution in [0.4, 0.5) is 0 Å². The van der Waals surface area contributed by atoms with E-state index >= 15 is 0 Å². The van der Waals surface area contributed by atoms with Crippen molar-refractivity contribution < 1.29 is 19.7 Å². The van der Waals surface area contributed by atoms with Gasteiger partial charge in [0.05, 0.1) is 19.3 Å². The molecule has 0 radical (unpaired) electrons. The molecule has 164 valence electrons. The van der Waals surface area contributed by atoms with Crippen molar-refractivity contribution in [3.8, 4) is 5.75 Å². The molecule has 1 aromatic carbocycles. The highest BCUT2D eigenvalue weighted by Crippen LogP contribution is 2.13. The highest BCUT2D eigenvalue weighted by Gasteiger charge is 2.14. The summed E-state index contributed by atoms with van der Waals surface area (Å²) in [7, 11) is 1.64. The summed E-state index contributed by atoms with van der Waals surface area (Å²) >= 11 is 0. The molecular weight excluding hydrogens is 380 g/mol. The van der Waals surface area contributed by atoms with Gasteiger partial charge in [-0.3, -0.25) is 10.2 Å². The summed E-state index contributed by atoms with van der Waals surface area (Å²) in [5.74, 6) is 0.777. The molecule has 1 fully saturated rings. The van der Waals surface area contributed by atoms with Crippen molar-refractivity contribution in [1.82, 2.24) is 10.4 Å². The van der Waals surface area contributed by atoms with Gasteiger partial charge in [0, 0.05) is 19.5 Å². The Labute approximate surface area is 179 Å². The average molecular weight is 415 g/mol. The zero-order valence-electron chi connectivity index (χ0n) is 17.7. The van der Waals surface area contributed by atoms with E-state index in [0.29, 0.717) is 19.3 Å². The van der Waals surface area contributed by atoms with Crippen LogP contribution in [0.15, 0.2) is 60.7 Å². The number of hydrogen-bond donors (Lipinski definition) is 3. The molecule has 1 saturated heterocycles. The lowest BCUT2D eigenvalue weighted by atomic mass is 10.1. The maximum absolute atomic E-state index is 11.8. The number of ether oxygens (including phenoxy) is 1. The van der Waals surface area contributed by atoms with Crippen molar-refractivity contribution >= 4 is 5.91 Å². The van der Waals surface area contributed by atoms with Crippen molar-refractivity contribution in [1.29, 1.82) is 0 Å². The van der Waals surface area contributed by atoms with E-state index in [1.807, 2.05) is 29.3 Å². The standard InChI is InChI=1S/C24H34N2O4/c1-30-23-15-11-20(12-16-23)10-13-21(27)8-4-2-3-5-9-22(28)14-17-24(29)25-26-18-6-7-19-26/h2-5,8-9,11-12,15-16,21-22,27-28H,6-7,10,13-14,17-19H2,1H3,(H,25,29)/b3-2-,8-4+,9-5+. The molecule has 1 aliphatic heterocycles. The minimum absolute atomic E-state index is 0.0496. The Balaban J connectivity index is 1.58. The topological polar surface area (TPSA) is 82.0 Å². The lowest BCUT2D eigenvalue weighted by Crippen LogP contribution is -2.40. The molecule has 2 rings (SSSR count). The number of aryl methyl sites for hydroxylation is 1. The zero-order valence-corrected chi connectivity index (χ0v) is 17.7. The van der Waals surface area contributed by atoms with Crippen LogP contribution >= 0.6 is 0 Å². The molecule has 0 spiro atoms. The molecule has 2 atom stereocenters. The maximum Gasteiger partial charge on any atom is 0.234 e. The van der Waals surface area contributed by atoms with Gasteiger partial charge < -0.3 is 14.9 Å². The largest absolute Gasteiger partial charge is 0.497 e. The number of carbonyl (C=O) groups is 1. The Morgan fingerprint density at radius 2 is 1.63 bits per heavy atom.